The third-order valence-corrected chi connectivity index (χ3v) is 7.74. The van der Waals surface area contributed by atoms with Crippen molar-refractivity contribution in [3.05, 3.63) is 54.1 Å². The minimum absolute atomic E-state index is 0.121. The number of sulfonamides is 1. The summed E-state index contributed by atoms with van der Waals surface area (Å²) in [6.45, 7) is 2.21. The number of hydrogen-bond donors (Lipinski definition) is 1. The topological polar surface area (TPSA) is 75.7 Å². The molecule has 0 atom stereocenters. The highest BCUT2D eigenvalue weighted by molar-refractivity contribution is 7.92. The highest BCUT2D eigenvalue weighted by Gasteiger charge is 2.25. The maximum Gasteiger partial charge on any atom is 0.264 e. The molecule has 2 aromatic rings. The summed E-state index contributed by atoms with van der Waals surface area (Å²) in [5.74, 6) is 1.08. The second kappa shape index (κ2) is 9.51. The van der Waals surface area contributed by atoms with Crippen molar-refractivity contribution >= 4 is 21.6 Å². The van der Waals surface area contributed by atoms with E-state index in [0.717, 1.165) is 31.6 Å². The largest absolute Gasteiger partial charge is 0.495 e. The van der Waals surface area contributed by atoms with Gasteiger partial charge in [-0.25, -0.2) is 8.42 Å². The molecule has 30 heavy (non-hydrogen) atoms. The second-order valence-corrected chi connectivity index (χ2v) is 9.74. The molecule has 2 aromatic carbocycles. The van der Waals surface area contributed by atoms with Gasteiger partial charge in [-0.15, -0.1) is 0 Å². The van der Waals surface area contributed by atoms with Gasteiger partial charge in [0, 0.05) is 18.7 Å². The first-order valence-corrected chi connectivity index (χ1v) is 11.8. The lowest BCUT2D eigenvalue weighted by Crippen LogP contribution is -2.37. The van der Waals surface area contributed by atoms with Crippen LogP contribution in [0.15, 0.2) is 53.4 Å². The van der Waals surface area contributed by atoms with Gasteiger partial charge in [0.15, 0.2) is 0 Å². The number of benzene rings is 2. The Morgan fingerprint density at radius 3 is 2.30 bits per heavy atom. The molecule has 1 N–H and O–H groups in total. The Labute approximate surface area is 179 Å². The maximum absolute atomic E-state index is 13.0. The minimum Gasteiger partial charge on any atom is -0.495 e. The Morgan fingerprint density at radius 1 is 1.07 bits per heavy atom. The number of hydrogen-bond acceptors (Lipinski definition) is 4. The first-order valence-electron chi connectivity index (χ1n) is 10.4. The fourth-order valence-corrected chi connectivity index (χ4v) is 5.15. The van der Waals surface area contributed by atoms with E-state index in [1.54, 1.807) is 36.4 Å². The van der Waals surface area contributed by atoms with Gasteiger partial charge >= 0.3 is 0 Å². The van der Waals surface area contributed by atoms with Crippen LogP contribution in [0.3, 0.4) is 0 Å². The molecule has 0 heterocycles. The predicted octanol–water partition coefficient (Wildman–Crippen LogP) is 4.22. The van der Waals surface area contributed by atoms with Crippen LogP contribution in [0.4, 0.5) is 5.69 Å². The number of methoxy groups -OCH3 is 1. The van der Waals surface area contributed by atoms with Crippen LogP contribution < -0.4 is 14.4 Å². The van der Waals surface area contributed by atoms with Crippen molar-refractivity contribution in [3.8, 4) is 5.75 Å². The van der Waals surface area contributed by atoms with E-state index in [0.29, 0.717) is 17.0 Å². The summed E-state index contributed by atoms with van der Waals surface area (Å²) in [5.41, 5.74) is 0.913. The summed E-state index contributed by atoms with van der Waals surface area (Å²) >= 11 is 0. The van der Waals surface area contributed by atoms with Crippen molar-refractivity contribution in [1.29, 1.82) is 0 Å². The number of rotatable bonds is 7. The van der Waals surface area contributed by atoms with Crippen molar-refractivity contribution < 1.29 is 17.9 Å². The molecule has 0 bridgehead atoms. The summed E-state index contributed by atoms with van der Waals surface area (Å²) in [7, 11) is -0.794. The van der Waals surface area contributed by atoms with Gasteiger partial charge < -0.3 is 10.1 Å². The number of anilines is 1. The van der Waals surface area contributed by atoms with Gasteiger partial charge in [0.2, 0.25) is 0 Å². The summed E-state index contributed by atoms with van der Waals surface area (Å²) < 4.78 is 32.5. The third kappa shape index (κ3) is 4.78. The summed E-state index contributed by atoms with van der Waals surface area (Å²) in [4.78, 5) is 12.7. The predicted molar refractivity (Wildman–Crippen MR) is 119 cm³/mol. The molecule has 162 valence electrons. The van der Waals surface area contributed by atoms with Crippen LogP contribution in [0.1, 0.15) is 49.4 Å². The Balaban J connectivity index is 1.70. The molecule has 3 rings (SSSR count). The Kier molecular flexibility index (Phi) is 7.02. The Morgan fingerprint density at radius 2 is 1.70 bits per heavy atom. The van der Waals surface area contributed by atoms with E-state index in [9.17, 15) is 13.2 Å². The highest BCUT2D eigenvalue weighted by Crippen LogP contribution is 2.31. The standard InChI is InChI=1S/C23H30N2O4S/c1-4-17-9-13-19(14-10-17)24-23(26)18-11-15-20(16-12-18)30(27,28)25(2)21-7-5-6-8-22(21)29-3/h5-8,11-12,15-17,19H,4,9-10,13-14H2,1-3H3,(H,24,26). The van der Waals surface area contributed by atoms with E-state index in [1.807, 2.05) is 0 Å². The molecule has 0 unspecified atom stereocenters. The van der Waals surface area contributed by atoms with Crippen molar-refractivity contribution in [2.75, 3.05) is 18.5 Å². The molecule has 1 fully saturated rings. The number of para-hydroxylation sites is 2. The van der Waals surface area contributed by atoms with Crippen LogP contribution in [-0.2, 0) is 10.0 Å². The fraction of sp³-hybridized carbons (Fsp3) is 0.435. The SMILES string of the molecule is CCC1CCC(NC(=O)c2ccc(S(=O)(=O)N(C)c3ccccc3OC)cc2)CC1. The van der Waals surface area contributed by atoms with Gasteiger partial charge in [-0.3, -0.25) is 9.10 Å². The van der Waals surface area contributed by atoms with Gasteiger partial charge in [0.05, 0.1) is 17.7 Å². The van der Waals surface area contributed by atoms with E-state index in [2.05, 4.69) is 12.2 Å². The molecule has 1 amide bonds. The number of carbonyl (C=O) groups is 1. The quantitative estimate of drug-likeness (QED) is 0.714. The van der Waals surface area contributed by atoms with Crippen molar-refractivity contribution in [2.45, 2.75) is 50.0 Å². The summed E-state index contributed by atoms with van der Waals surface area (Å²) in [5, 5.41) is 3.09. The highest BCUT2D eigenvalue weighted by atomic mass is 32.2. The summed E-state index contributed by atoms with van der Waals surface area (Å²) in [6.07, 6.45) is 5.49. The van der Waals surface area contributed by atoms with E-state index < -0.39 is 10.0 Å². The minimum atomic E-state index is -3.78. The molecule has 7 heteroatoms. The normalized spacial score (nSPS) is 19.2. The van der Waals surface area contributed by atoms with Crippen LogP contribution in [0.2, 0.25) is 0 Å². The van der Waals surface area contributed by atoms with Crippen LogP contribution in [-0.4, -0.2) is 34.5 Å². The lowest BCUT2D eigenvalue weighted by molar-refractivity contribution is 0.0921. The lowest BCUT2D eigenvalue weighted by atomic mass is 9.84. The van der Waals surface area contributed by atoms with Gasteiger partial charge in [-0.1, -0.05) is 25.5 Å². The molecule has 0 spiro atoms. The third-order valence-electron chi connectivity index (χ3n) is 5.96. The zero-order chi connectivity index (χ0) is 21.7. The molecule has 1 saturated carbocycles. The van der Waals surface area contributed by atoms with Crippen LogP contribution in [0, 0.1) is 5.92 Å². The number of ether oxygens (including phenoxy) is 1. The molecule has 1 aliphatic rings. The van der Waals surface area contributed by atoms with Crippen LogP contribution in [0.5, 0.6) is 5.75 Å². The Hall–Kier alpha value is -2.54. The van der Waals surface area contributed by atoms with Crippen molar-refractivity contribution in [1.82, 2.24) is 5.32 Å². The number of amides is 1. The molecular weight excluding hydrogens is 400 g/mol. The van der Waals surface area contributed by atoms with E-state index in [4.69, 9.17) is 4.74 Å². The van der Waals surface area contributed by atoms with Gasteiger partial charge in [0.1, 0.15) is 5.75 Å². The van der Waals surface area contributed by atoms with Gasteiger partial charge in [0.25, 0.3) is 15.9 Å². The first-order chi connectivity index (χ1) is 14.4. The van der Waals surface area contributed by atoms with Gasteiger partial charge in [-0.05, 0) is 68.0 Å². The monoisotopic (exact) mass is 430 g/mol. The smallest absolute Gasteiger partial charge is 0.264 e. The van der Waals surface area contributed by atoms with Gasteiger partial charge in [-0.2, -0.15) is 0 Å². The number of carbonyl (C=O) groups excluding carboxylic acids is 1. The van der Waals surface area contributed by atoms with Crippen molar-refractivity contribution in [2.24, 2.45) is 5.92 Å². The Bertz CT molecular complexity index is 965. The number of nitrogens with one attached hydrogen (secondary N) is 1. The lowest BCUT2D eigenvalue weighted by Gasteiger charge is -2.28. The van der Waals surface area contributed by atoms with Crippen LogP contribution in [0.25, 0.3) is 0 Å². The molecule has 0 aliphatic heterocycles. The van der Waals surface area contributed by atoms with E-state index in [-0.39, 0.29) is 16.8 Å². The average Bonchev–Trinajstić information content (AvgIpc) is 2.79. The second-order valence-electron chi connectivity index (χ2n) is 7.77. The van der Waals surface area contributed by atoms with E-state index >= 15 is 0 Å². The zero-order valence-electron chi connectivity index (χ0n) is 17.8. The molecule has 6 nitrogen and oxygen atoms in total. The molecular formula is C23H30N2O4S. The fourth-order valence-electron chi connectivity index (χ4n) is 3.94. The summed E-state index contributed by atoms with van der Waals surface area (Å²) in [6, 6.07) is 13.2. The first kappa shape index (κ1) is 22.2. The number of nitrogens with zero attached hydrogens (tertiary/aromatic N) is 1. The maximum atomic E-state index is 13.0. The zero-order valence-corrected chi connectivity index (χ0v) is 18.6. The average molecular weight is 431 g/mol. The molecule has 1 aliphatic carbocycles. The van der Waals surface area contributed by atoms with Crippen LogP contribution >= 0.6 is 0 Å². The molecule has 0 aromatic heterocycles. The van der Waals surface area contributed by atoms with Crippen molar-refractivity contribution in [3.63, 3.8) is 0 Å². The van der Waals surface area contributed by atoms with E-state index in [1.165, 1.54) is 37.0 Å². The molecule has 0 saturated heterocycles. The molecule has 0 radical (unpaired) electrons.